The molecule has 0 radical (unpaired) electrons. The first-order valence-corrected chi connectivity index (χ1v) is 14.6. The Hall–Kier alpha value is -3.70. The summed E-state index contributed by atoms with van der Waals surface area (Å²) < 4.78 is 14.1. The molecule has 10 nitrogen and oxygen atoms in total. The number of carbonyl (C=O) groups is 1. The molecule has 0 unspecified atom stereocenters. The second-order valence-corrected chi connectivity index (χ2v) is 14.8. The van der Waals surface area contributed by atoms with Crippen LogP contribution < -0.4 is 15.6 Å². The van der Waals surface area contributed by atoms with E-state index in [1.165, 1.54) is 11.7 Å². The van der Waals surface area contributed by atoms with Crippen LogP contribution in [-0.4, -0.2) is 52.2 Å². The van der Waals surface area contributed by atoms with Crippen LogP contribution in [0, 0.1) is 0 Å². The van der Waals surface area contributed by atoms with Crippen molar-refractivity contribution < 1.29 is 14.3 Å². The van der Waals surface area contributed by atoms with Gasteiger partial charge in [-0.25, -0.2) is 4.68 Å². The highest BCUT2D eigenvalue weighted by Crippen LogP contribution is 2.25. The zero-order valence-electron chi connectivity index (χ0n) is 19.7. The van der Waals surface area contributed by atoms with Crippen molar-refractivity contribution in [3.8, 4) is 11.4 Å². The standard InChI is InChI=1S/C23H28N6O4Si/c1-32-21-11-20-16(12-24-27-20)10-18(21)22(30)26-19-6-5-7-29(23(19)31)17-13-25-28(14-17)15-33-8-9-34(2,3)4/h5-7,10-14H,8-9,15H2,1-4H3,(H,24,27)(H,26,30). The number of fused-ring (bicyclic) bond motifs is 1. The number of H-pyrrole nitrogens is 1. The highest BCUT2D eigenvalue weighted by atomic mass is 28.3. The molecular weight excluding hydrogens is 452 g/mol. The van der Waals surface area contributed by atoms with E-state index in [0.717, 1.165) is 16.9 Å². The molecule has 0 saturated carbocycles. The van der Waals surface area contributed by atoms with Crippen molar-refractivity contribution in [2.24, 2.45) is 0 Å². The molecule has 0 atom stereocenters. The molecule has 1 aromatic carbocycles. The fourth-order valence-corrected chi connectivity index (χ4v) is 4.14. The number of amides is 1. The van der Waals surface area contributed by atoms with Crippen LogP contribution in [0.1, 0.15) is 10.4 Å². The Morgan fingerprint density at radius 1 is 1.24 bits per heavy atom. The number of rotatable bonds is 9. The van der Waals surface area contributed by atoms with E-state index >= 15 is 0 Å². The van der Waals surface area contributed by atoms with Crippen molar-refractivity contribution >= 4 is 30.6 Å². The molecule has 0 aliphatic heterocycles. The molecule has 0 aliphatic carbocycles. The van der Waals surface area contributed by atoms with Gasteiger partial charge in [-0.1, -0.05) is 19.6 Å². The van der Waals surface area contributed by atoms with Gasteiger partial charge in [0, 0.05) is 32.3 Å². The molecule has 0 fully saturated rings. The SMILES string of the molecule is COc1cc2[nH]ncc2cc1C(=O)Nc1cccn(-c2cnn(COCC[Si](C)(C)C)c2)c1=O. The fourth-order valence-electron chi connectivity index (χ4n) is 3.38. The predicted molar refractivity (Wildman–Crippen MR) is 133 cm³/mol. The van der Waals surface area contributed by atoms with E-state index in [1.54, 1.807) is 53.7 Å². The second-order valence-electron chi connectivity index (χ2n) is 9.15. The van der Waals surface area contributed by atoms with Gasteiger partial charge in [0.25, 0.3) is 11.5 Å². The van der Waals surface area contributed by atoms with Gasteiger partial charge in [0.1, 0.15) is 18.2 Å². The largest absolute Gasteiger partial charge is 0.496 e. The Balaban J connectivity index is 1.50. The number of hydrogen-bond donors (Lipinski definition) is 2. The third-order valence-corrected chi connectivity index (χ3v) is 7.02. The number of methoxy groups -OCH3 is 1. The van der Waals surface area contributed by atoms with Crippen LogP contribution in [0.15, 0.2) is 53.8 Å². The maximum atomic E-state index is 13.1. The maximum absolute atomic E-state index is 13.1. The lowest BCUT2D eigenvalue weighted by molar-refractivity contribution is 0.0786. The molecule has 0 bridgehead atoms. The molecule has 2 N–H and O–H groups in total. The molecule has 0 saturated heterocycles. The van der Waals surface area contributed by atoms with Gasteiger partial charge in [-0.05, 0) is 24.2 Å². The Kier molecular flexibility index (Phi) is 6.66. The van der Waals surface area contributed by atoms with Crippen molar-refractivity contribution in [1.82, 2.24) is 24.5 Å². The molecular formula is C23H28N6O4Si. The molecule has 34 heavy (non-hydrogen) atoms. The normalized spacial score (nSPS) is 11.6. The third kappa shape index (κ3) is 5.26. The molecule has 4 rings (SSSR count). The summed E-state index contributed by atoms with van der Waals surface area (Å²) >= 11 is 0. The lowest BCUT2D eigenvalue weighted by Gasteiger charge is -2.15. The minimum absolute atomic E-state index is 0.140. The van der Waals surface area contributed by atoms with E-state index in [2.05, 4.69) is 40.3 Å². The summed E-state index contributed by atoms with van der Waals surface area (Å²) in [5, 5.41) is 14.6. The maximum Gasteiger partial charge on any atom is 0.278 e. The summed E-state index contributed by atoms with van der Waals surface area (Å²) in [5.74, 6) is -0.0813. The summed E-state index contributed by atoms with van der Waals surface area (Å²) in [5.41, 5.74) is 1.39. The van der Waals surface area contributed by atoms with Gasteiger partial charge in [0.05, 0.1) is 42.5 Å². The number of aromatic amines is 1. The number of benzene rings is 1. The number of pyridine rings is 1. The molecule has 3 heterocycles. The molecule has 4 aromatic rings. The average Bonchev–Trinajstić information content (AvgIpc) is 3.45. The summed E-state index contributed by atoms with van der Waals surface area (Å²) in [7, 11) is 0.324. The monoisotopic (exact) mass is 480 g/mol. The number of anilines is 1. The Morgan fingerprint density at radius 2 is 2.06 bits per heavy atom. The smallest absolute Gasteiger partial charge is 0.278 e. The van der Waals surface area contributed by atoms with Crippen molar-refractivity contribution in [2.75, 3.05) is 19.0 Å². The minimum atomic E-state index is -1.16. The highest BCUT2D eigenvalue weighted by molar-refractivity contribution is 6.76. The van der Waals surface area contributed by atoms with Crippen LogP contribution in [0.25, 0.3) is 16.6 Å². The van der Waals surface area contributed by atoms with Crippen LogP contribution >= 0.6 is 0 Å². The van der Waals surface area contributed by atoms with Gasteiger partial charge < -0.3 is 14.8 Å². The van der Waals surface area contributed by atoms with Gasteiger partial charge in [-0.15, -0.1) is 0 Å². The lowest BCUT2D eigenvalue weighted by Crippen LogP contribution is -2.24. The summed E-state index contributed by atoms with van der Waals surface area (Å²) in [6.07, 6.45) is 6.57. The zero-order chi connectivity index (χ0) is 24.3. The summed E-state index contributed by atoms with van der Waals surface area (Å²) in [6, 6.07) is 7.68. The second kappa shape index (κ2) is 9.65. The molecule has 178 valence electrons. The van der Waals surface area contributed by atoms with Crippen LogP contribution in [-0.2, 0) is 11.5 Å². The minimum Gasteiger partial charge on any atom is -0.496 e. The van der Waals surface area contributed by atoms with Crippen molar-refractivity contribution in [3.05, 3.63) is 65.0 Å². The Morgan fingerprint density at radius 3 is 2.82 bits per heavy atom. The molecule has 0 spiro atoms. The predicted octanol–water partition coefficient (Wildman–Crippen LogP) is 3.48. The molecule has 0 aliphatic rings. The van der Waals surface area contributed by atoms with Gasteiger partial charge in [-0.3, -0.25) is 19.3 Å². The number of aromatic nitrogens is 5. The number of nitrogens with one attached hydrogen (secondary N) is 2. The van der Waals surface area contributed by atoms with Crippen LogP contribution in [0.2, 0.25) is 25.7 Å². The van der Waals surface area contributed by atoms with E-state index in [-0.39, 0.29) is 11.2 Å². The molecule has 1 amide bonds. The van der Waals surface area contributed by atoms with Crippen LogP contribution in [0.3, 0.4) is 0 Å². The number of carbonyl (C=O) groups excluding carboxylic acids is 1. The number of nitrogens with zero attached hydrogens (tertiary/aromatic N) is 4. The van der Waals surface area contributed by atoms with E-state index < -0.39 is 14.0 Å². The number of ether oxygens (including phenoxy) is 2. The lowest BCUT2D eigenvalue weighted by atomic mass is 10.1. The van der Waals surface area contributed by atoms with Crippen molar-refractivity contribution in [2.45, 2.75) is 32.4 Å². The van der Waals surface area contributed by atoms with E-state index in [9.17, 15) is 9.59 Å². The molecule has 11 heteroatoms. The summed E-state index contributed by atoms with van der Waals surface area (Å²) in [6.45, 7) is 7.89. The first kappa shape index (κ1) is 23.5. The van der Waals surface area contributed by atoms with Gasteiger partial charge in [0.2, 0.25) is 0 Å². The Bertz CT molecular complexity index is 1370. The van der Waals surface area contributed by atoms with Crippen molar-refractivity contribution in [3.63, 3.8) is 0 Å². The topological polar surface area (TPSA) is 116 Å². The Labute approximate surface area is 197 Å². The summed E-state index contributed by atoms with van der Waals surface area (Å²) in [4.78, 5) is 26.1. The fraction of sp³-hybridized carbons (Fsp3) is 0.304. The van der Waals surface area contributed by atoms with Gasteiger partial charge in [-0.2, -0.15) is 10.2 Å². The van der Waals surface area contributed by atoms with Crippen LogP contribution in [0.4, 0.5) is 5.69 Å². The third-order valence-electron chi connectivity index (χ3n) is 5.32. The first-order chi connectivity index (χ1) is 16.2. The average molecular weight is 481 g/mol. The highest BCUT2D eigenvalue weighted by Gasteiger charge is 2.17. The van der Waals surface area contributed by atoms with Gasteiger partial charge >= 0.3 is 0 Å². The van der Waals surface area contributed by atoms with E-state index in [4.69, 9.17) is 9.47 Å². The molecule has 3 aromatic heterocycles. The number of hydrogen-bond acceptors (Lipinski definition) is 6. The van der Waals surface area contributed by atoms with E-state index in [0.29, 0.717) is 30.3 Å². The first-order valence-electron chi connectivity index (χ1n) is 10.9. The van der Waals surface area contributed by atoms with E-state index in [1.807, 2.05) is 0 Å². The van der Waals surface area contributed by atoms with Crippen LogP contribution in [0.5, 0.6) is 5.75 Å². The quantitative estimate of drug-likeness (QED) is 0.280. The zero-order valence-corrected chi connectivity index (χ0v) is 20.7. The van der Waals surface area contributed by atoms with Crippen molar-refractivity contribution in [1.29, 1.82) is 0 Å². The van der Waals surface area contributed by atoms with Gasteiger partial charge in [0.15, 0.2) is 0 Å².